The number of β-lactam (4-membered cyclic amide) rings is 1. The predicted octanol–water partition coefficient (Wildman–Crippen LogP) is 3.54. The summed E-state index contributed by atoms with van der Waals surface area (Å²) in [6.07, 6.45) is 0.212. The summed E-state index contributed by atoms with van der Waals surface area (Å²) < 4.78 is 0.864. The smallest absolute Gasteiger partial charge is 0.353 e. The van der Waals surface area contributed by atoms with Crippen LogP contribution in [0.25, 0.3) is 0 Å². The first kappa shape index (κ1) is 20.5. The molecule has 2 amide bonds. The molecule has 0 spiro atoms. The SMILES string of the molecule is O=C(Cc1cccs1)N[C@@H]1C(=O)N2C(C(=O)O)=C(Sc3ccccc3Br)CS[C@@H]12. The normalized spacial score (nSPS) is 20.9. The Labute approximate surface area is 187 Å². The number of carbonyl (C=O) groups is 3. The summed E-state index contributed by atoms with van der Waals surface area (Å²) in [4.78, 5) is 40.6. The lowest BCUT2D eigenvalue weighted by molar-refractivity contribution is -0.150. The molecule has 3 heterocycles. The number of carbonyl (C=O) groups excluding carboxylic acids is 2. The molecule has 29 heavy (non-hydrogen) atoms. The van der Waals surface area contributed by atoms with Gasteiger partial charge in [0.25, 0.3) is 5.91 Å². The van der Waals surface area contributed by atoms with Crippen molar-refractivity contribution in [3.63, 3.8) is 0 Å². The van der Waals surface area contributed by atoms with Gasteiger partial charge in [-0.05, 0) is 39.5 Å². The highest BCUT2D eigenvalue weighted by Gasteiger charge is 2.54. The van der Waals surface area contributed by atoms with Crippen molar-refractivity contribution in [1.82, 2.24) is 10.2 Å². The van der Waals surface area contributed by atoms with Crippen LogP contribution in [0.5, 0.6) is 0 Å². The van der Waals surface area contributed by atoms with Gasteiger partial charge in [0.05, 0.1) is 6.42 Å². The van der Waals surface area contributed by atoms with E-state index in [1.165, 1.54) is 39.8 Å². The van der Waals surface area contributed by atoms with Crippen LogP contribution in [0.15, 0.2) is 61.7 Å². The quantitative estimate of drug-likeness (QED) is 0.578. The number of nitrogens with one attached hydrogen (secondary N) is 1. The van der Waals surface area contributed by atoms with E-state index in [4.69, 9.17) is 0 Å². The van der Waals surface area contributed by atoms with Crippen LogP contribution in [0.4, 0.5) is 0 Å². The molecule has 1 aromatic heterocycles. The number of benzene rings is 1. The number of carboxylic acids is 1. The van der Waals surface area contributed by atoms with Gasteiger partial charge in [-0.1, -0.05) is 30.0 Å². The standard InChI is InChI=1S/C19H15BrN2O4S3/c20-11-5-1-2-6-12(11)29-13-9-28-18-15(17(24)22(18)16(13)19(25)26)21-14(23)8-10-4-3-7-27-10/h1-7,15,18H,8-9H2,(H,21,23)(H,25,26)/t15-,18+/m1/s1. The highest BCUT2D eigenvalue weighted by molar-refractivity contribution is 9.10. The lowest BCUT2D eigenvalue weighted by Gasteiger charge is -2.49. The molecule has 2 aliphatic heterocycles. The van der Waals surface area contributed by atoms with E-state index in [2.05, 4.69) is 21.2 Å². The van der Waals surface area contributed by atoms with E-state index in [1.807, 2.05) is 41.8 Å². The van der Waals surface area contributed by atoms with Crippen LogP contribution in [0, 0.1) is 0 Å². The van der Waals surface area contributed by atoms with Crippen molar-refractivity contribution in [3.8, 4) is 0 Å². The minimum absolute atomic E-state index is 0.00302. The Hall–Kier alpha value is -1.75. The molecule has 2 atom stereocenters. The summed E-state index contributed by atoms with van der Waals surface area (Å²) in [5.74, 6) is -1.30. The van der Waals surface area contributed by atoms with E-state index < -0.39 is 17.4 Å². The fourth-order valence-electron chi connectivity index (χ4n) is 3.13. The molecule has 2 aliphatic rings. The lowest BCUT2D eigenvalue weighted by atomic mass is 10.0. The van der Waals surface area contributed by atoms with E-state index in [0.29, 0.717) is 10.7 Å². The van der Waals surface area contributed by atoms with Crippen LogP contribution in [0.3, 0.4) is 0 Å². The molecule has 10 heteroatoms. The first-order chi connectivity index (χ1) is 14.0. The van der Waals surface area contributed by atoms with Gasteiger partial charge in [-0.25, -0.2) is 4.79 Å². The van der Waals surface area contributed by atoms with Crippen molar-refractivity contribution in [2.45, 2.75) is 22.7 Å². The summed E-state index contributed by atoms with van der Waals surface area (Å²) in [6.45, 7) is 0. The molecular weight excluding hydrogens is 496 g/mol. The van der Waals surface area contributed by atoms with Gasteiger partial charge >= 0.3 is 5.97 Å². The lowest BCUT2D eigenvalue weighted by Crippen LogP contribution is -2.70. The zero-order chi connectivity index (χ0) is 20.5. The first-order valence-corrected chi connectivity index (χ1v) is 12.1. The summed E-state index contributed by atoms with van der Waals surface area (Å²) in [6, 6.07) is 10.6. The van der Waals surface area contributed by atoms with Crippen LogP contribution in [0.2, 0.25) is 0 Å². The number of fused-ring (bicyclic) bond motifs is 1. The van der Waals surface area contributed by atoms with Gasteiger partial charge in [0.1, 0.15) is 17.1 Å². The van der Waals surface area contributed by atoms with Crippen LogP contribution < -0.4 is 5.32 Å². The monoisotopic (exact) mass is 510 g/mol. The van der Waals surface area contributed by atoms with Crippen LogP contribution >= 0.6 is 50.8 Å². The Morgan fingerprint density at radius 3 is 2.76 bits per heavy atom. The maximum absolute atomic E-state index is 12.7. The molecule has 2 N–H and O–H groups in total. The topological polar surface area (TPSA) is 86.7 Å². The van der Waals surface area contributed by atoms with Crippen molar-refractivity contribution in [2.75, 3.05) is 5.75 Å². The molecular formula is C19H15BrN2O4S3. The third kappa shape index (κ3) is 4.11. The molecule has 2 aromatic rings. The van der Waals surface area contributed by atoms with Gasteiger partial charge < -0.3 is 10.4 Å². The Balaban J connectivity index is 1.51. The number of nitrogens with zero attached hydrogens (tertiary/aromatic N) is 1. The van der Waals surface area contributed by atoms with Crippen molar-refractivity contribution in [2.24, 2.45) is 0 Å². The van der Waals surface area contributed by atoms with Crippen LogP contribution in [-0.4, -0.2) is 45.0 Å². The number of thioether (sulfide) groups is 2. The predicted molar refractivity (Wildman–Crippen MR) is 118 cm³/mol. The number of thiophene rings is 1. The Morgan fingerprint density at radius 2 is 2.07 bits per heavy atom. The van der Waals surface area contributed by atoms with Crippen molar-refractivity contribution in [3.05, 3.63) is 61.7 Å². The minimum Gasteiger partial charge on any atom is -0.477 e. The average Bonchev–Trinajstić information content (AvgIpc) is 3.20. The second-order valence-electron chi connectivity index (χ2n) is 6.32. The van der Waals surface area contributed by atoms with Gasteiger partial charge in [-0.3, -0.25) is 14.5 Å². The Bertz CT molecular complexity index is 1010. The maximum atomic E-state index is 12.7. The van der Waals surface area contributed by atoms with Crippen LogP contribution in [-0.2, 0) is 20.8 Å². The van der Waals surface area contributed by atoms with Crippen LogP contribution in [0.1, 0.15) is 4.88 Å². The molecule has 0 unspecified atom stereocenters. The Kier molecular flexibility index (Phi) is 6.05. The van der Waals surface area contributed by atoms with Crippen molar-refractivity contribution < 1.29 is 19.5 Å². The van der Waals surface area contributed by atoms with E-state index in [9.17, 15) is 19.5 Å². The van der Waals surface area contributed by atoms with Gasteiger partial charge in [0.15, 0.2) is 0 Å². The fourth-order valence-corrected chi connectivity index (χ4v) is 6.85. The zero-order valence-corrected chi connectivity index (χ0v) is 18.9. The van der Waals surface area contributed by atoms with E-state index in [1.54, 1.807) is 0 Å². The molecule has 150 valence electrons. The van der Waals surface area contributed by atoms with E-state index >= 15 is 0 Å². The molecule has 1 fully saturated rings. The molecule has 1 aromatic carbocycles. The third-order valence-corrected chi connectivity index (χ3v) is 8.89. The summed E-state index contributed by atoms with van der Waals surface area (Å²) in [5, 5.41) is 14.0. The van der Waals surface area contributed by atoms with Gasteiger partial charge in [0.2, 0.25) is 5.91 Å². The Morgan fingerprint density at radius 1 is 1.28 bits per heavy atom. The van der Waals surface area contributed by atoms with Gasteiger partial charge in [0, 0.05) is 24.9 Å². The fraction of sp³-hybridized carbons (Fsp3) is 0.211. The number of rotatable bonds is 6. The number of halogens is 1. The average molecular weight is 511 g/mol. The summed E-state index contributed by atoms with van der Waals surface area (Å²) in [7, 11) is 0. The molecule has 0 radical (unpaired) electrons. The van der Waals surface area contributed by atoms with E-state index in [-0.39, 0.29) is 23.9 Å². The second kappa shape index (κ2) is 8.55. The number of hydrogen-bond acceptors (Lipinski definition) is 6. The van der Waals surface area contributed by atoms with Crippen molar-refractivity contribution >= 4 is 68.6 Å². The third-order valence-electron chi connectivity index (χ3n) is 4.44. The van der Waals surface area contributed by atoms with Gasteiger partial charge in [-0.15, -0.1) is 23.1 Å². The molecule has 1 saturated heterocycles. The number of amides is 2. The number of aliphatic carboxylic acids is 1. The molecule has 4 rings (SSSR count). The largest absolute Gasteiger partial charge is 0.477 e. The van der Waals surface area contributed by atoms with Crippen molar-refractivity contribution in [1.29, 1.82) is 0 Å². The van der Waals surface area contributed by atoms with Gasteiger partial charge in [-0.2, -0.15) is 0 Å². The first-order valence-electron chi connectivity index (χ1n) is 8.61. The zero-order valence-electron chi connectivity index (χ0n) is 14.8. The summed E-state index contributed by atoms with van der Waals surface area (Å²) >= 11 is 7.75. The summed E-state index contributed by atoms with van der Waals surface area (Å²) in [5.41, 5.74) is 0.00302. The highest BCUT2D eigenvalue weighted by Crippen LogP contribution is 2.46. The molecule has 0 saturated carbocycles. The molecule has 6 nitrogen and oxygen atoms in total. The number of carboxylic acid groups (broad SMARTS) is 1. The number of hydrogen-bond donors (Lipinski definition) is 2. The minimum atomic E-state index is -1.14. The second-order valence-corrected chi connectivity index (χ2v) is 10.4. The highest BCUT2D eigenvalue weighted by atomic mass is 79.9. The maximum Gasteiger partial charge on any atom is 0.353 e. The molecule has 0 aliphatic carbocycles. The molecule has 0 bridgehead atoms. The van der Waals surface area contributed by atoms with E-state index in [0.717, 1.165) is 14.2 Å².